The van der Waals surface area contributed by atoms with E-state index in [-0.39, 0.29) is 31.2 Å². The normalized spacial score (nSPS) is 12.4. The fraction of sp³-hybridized carbons (Fsp3) is 0.300. The third-order valence-electron chi connectivity index (χ3n) is 4.17. The van der Waals surface area contributed by atoms with Crippen LogP contribution < -0.4 is 20.1 Å². The molecule has 8 heteroatoms. The van der Waals surface area contributed by atoms with Crippen molar-refractivity contribution in [3.8, 4) is 11.5 Å². The molecule has 0 atom stereocenters. The average Bonchev–Trinajstić information content (AvgIpc) is 2.65. The van der Waals surface area contributed by atoms with Crippen molar-refractivity contribution >= 4 is 45.0 Å². The van der Waals surface area contributed by atoms with E-state index in [9.17, 15) is 9.59 Å². The molecular weight excluding hydrogens is 448 g/mol. The topological polar surface area (TPSA) is 76.7 Å². The summed E-state index contributed by atoms with van der Waals surface area (Å²) in [6.07, 6.45) is 0.322. The van der Waals surface area contributed by atoms with E-state index in [1.165, 1.54) is 0 Å². The summed E-state index contributed by atoms with van der Waals surface area (Å²) in [6, 6.07) is 9.12. The van der Waals surface area contributed by atoms with Gasteiger partial charge < -0.3 is 20.1 Å². The minimum Gasteiger partial charge on any atom is -0.486 e. The van der Waals surface area contributed by atoms with E-state index in [1.54, 1.807) is 12.1 Å². The predicted molar refractivity (Wildman–Crippen MR) is 111 cm³/mol. The van der Waals surface area contributed by atoms with E-state index >= 15 is 0 Å². The summed E-state index contributed by atoms with van der Waals surface area (Å²) in [5.41, 5.74) is 2.44. The summed E-state index contributed by atoms with van der Waals surface area (Å²) in [5, 5.41) is 6.02. The van der Waals surface area contributed by atoms with Gasteiger partial charge in [-0.15, -0.1) is 0 Å². The second kappa shape index (κ2) is 9.30. The van der Waals surface area contributed by atoms with Gasteiger partial charge in [0.2, 0.25) is 11.8 Å². The van der Waals surface area contributed by atoms with Crippen molar-refractivity contribution in [1.82, 2.24) is 5.32 Å². The Labute approximate surface area is 176 Å². The Morgan fingerprint density at radius 3 is 2.75 bits per heavy atom. The van der Waals surface area contributed by atoms with Crippen molar-refractivity contribution in [2.75, 3.05) is 25.1 Å². The van der Waals surface area contributed by atoms with Crippen LogP contribution in [0.5, 0.6) is 11.5 Å². The molecule has 2 amide bonds. The maximum Gasteiger partial charge on any atom is 0.226 e. The SMILES string of the molecule is Cc1ccc(Br)cc1NC(=O)CCNC(=O)Cc1cc(Cl)c2c(c1)OCCO2. The molecule has 0 aromatic heterocycles. The molecule has 0 saturated heterocycles. The van der Waals surface area contributed by atoms with Crippen molar-refractivity contribution in [1.29, 1.82) is 0 Å². The molecule has 0 unspecified atom stereocenters. The Kier molecular flexibility index (Phi) is 6.80. The summed E-state index contributed by atoms with van der Waals surface area (Å²) in [7, 11) is 0. The van der Waals surface area contributed by atoms with Gasteiger partial charge in [0.25, 0.3) is 0 Å². The van der Waals surface area contributed by atoms with Crippen molar-refractivity contribution in [3.05, 3.63) is 51.0 Å². The van der Waals surface area contributed by atoms with E-state index in [0.29, 0.717) is 29.7 Å². The van der Waals surface area contributed by atoms with Gasteiger partial charge in [-0.25, -0.2) is 0 Å². The van der Waals surface area contributed by atoms with Crippen molar-refractivity contribution in [2.24, 2.45) is 0 Å². The molecule has 1 heterocycles. The lowest BCUT2D eigenvalue weighted by molar-refractivity contribution is -0.120. The number of aryl methyl sites for hydroxylation is 1. The number of nitrogens with one attached hydrogen (secondary N) is 2. The van der Waals surface area contributed by atoms with Crippen LogP contribution >= 0.6 is 27.5 Å². The molecule has 0 spiro atoms. The smallest absolute Gasteiger partial charge is 0.226 e. The highest BCUT2D eigenvalue weighted by molar-refractivity contribution is 9.10. The van der Waals surface area contributed by atoms with Gasteiger partial charge in [-0.1, -0.05) is 33.6 Å². The lowest BCUT2D eigenvalue weighted by Gasteiger charge is -2.20. The second-order valence-electron chi connectivity index (χ2n) is 6.39. The molecule has 2 aromatic carbocycles. The zero-order valence-corrected chi connectivity index (χ0v) is 17.7. The van der Waals surface area contributed by atoms with Crippen molar-refractivity contribution in [3.63, 3.8) is 0 Å². The van der Waals surface area contributed by atoms with Crippen LogP contribution in [0.2, 0.25) is 5.02 Å². The highest BCUT2D eigenvalue weighted by atomic mass is 79.9. The van der Waals surface area contributed by atoms with Gasteiger partial charge in [0.15, 0.2) is 11.5 Å². The molecular formula is C20H20BrClN2O4. The van der Waals surface area contributed by atoms with Gasteiger partial charge in [0, 0.05) is 23.1 Å². The fourth-order valence-electron chi connectivity index (χ4n) is 2.77. The van der Waals surface area contributed by atoms with E-state index in [0.717, 1.165) is 21.3 Å². The van der Waals surface area contributed by atoms with E-state index < -0.39 is 0 Å². The fourth-order valence-corrected chi connectivity index (χ4v) is 3.42. The minimum atomic E-state index is -0.195. The first kappa shape index (κ1) is 20.5. The number of benzene rings is 2. The number of carbonyl (C=O) groups excluding carboxylic acids is 2. The standard InChI is InChI=1S/C20H20BrClN2O4/c1-12-2-3-14(21)11-16(12)24-18(25)4-5-23-19(26)10-13-8-15(22)20-17(9-13)27-6-7-28-20/h2-3,8-9,11H,4-7,10H2,1H3,(H,23,26)(H,24,25). The Balaban J connectivity index is 1.47. The molecule has 0 bridgehead atoms. The summed E-state index contributed by atoms with van der Waals surface area (Å²) >= 11 is 9.57. The molecule has 3 rings (SSSR count). The van der Waals surface area contributed by atoms with E-state index in [1.807, 2.05) is 25.1 Å². The molecule has 0 radical (unpaired) electrons. The van der Waals surface area contributed by atoms with Gasteiger partial charge in [0.1, 0.15) is 13.2 Å². The Morgan fingerprint density at radius 1 is 1.14 bits per heavy atom. The maximum absolute atomic E-state index is 12.2. The maximum atomic E-state index is 12.2. The molecule has 2 aromatic rings. The van der Waals surface area contributed by atoms with Crippen LogP contribution in [-0.4, -0.2) is 31.6 Å². The van der Waals surface area contributed by atoms with Crippen LogP contribution in [0.1, 0.15) is 17.5 Å². The summed E-state index contributed by atoms with van der Waals surface area (Å²) < 4.78 is 11.9. The highest BCUT2D eigenvalue weighted by Gasteiger charge is 2.17. The number of hydrogen-bond acceptors (Lipinski definition) is 4. The average molecular weight is 468 g/mol. The lowest BCUT2D eigenvalue weighted by atomic mass is 10.1. The van der Waals surface area contributed by atoms with Crippen LogP contribution in [0.25, 0.3) is 0 Å². The number of fused-ring (bicyclic) bond motifs is 1. The zero-order chi connectivity index (χ0) is 20.1. The van der Waals surface area contributed by atoms with Crippen LogP contribution in [0.4, 0.5) is 5.69 Å². The van der Waals surface area contributed by atoms with Crippen LogP contribution in [0, 0.1) is 6.92 Å². The predicted octanol–water partition coefficient (Wildman–Crippen LogP) is 3.87. The van der Waals surface area contributed by atoms with Gasteiger partial charge >= 0.3 is 0 Å². The summed E-state index contributed by atoms with van der Waals surface area (Å²) in [6.45, 7) is 3.07. The van der Waals surface area contributed by atoms with Crippen LogP contribution in [0.3, 0.4) is 0 Å². The highest BCUT2D eigenvalue weighted by Crippen LogP contribution is 2.38. The van der Waals surface area contributed by atoms with Gasteiger partial charge in [-0.05, 0) is 42.3 Å². The summed E-state index contributed by atoms with van der Waals surface area (Å²) in [5.74, 6) is 0.699. The number of anilines is 1. The van der Waals surface area contributed by atoms with Gasteiger partial charge in [0.05, 0.1) is 11.4 Å². The number of amides is 2. The number of hydrogen-bond donors (Lipinski definition) is 2. The van der Waals surface area contributed by atoms with Crippen LogP contribution in [0.15, 0.2) is 34.8 Å². The number of halogens is 2. The first-order valence-electron chi connectivity index (χ1n) is 8.83. The van der Waals surface area contributed by atoms with Gasteiger partial charge in [-0.2, -0.15) is 0 Å². The molecule has 148 valence electrons. The quantitative estimate of drug-likeness (QED) is 0.676. The largest absolute Gasteiger partial charge is 0.486 e. The van der Waals surface area contributed by atoms with Gasteiger partial charge in [-0.3, -0.25) is 9.59 Å². The Hall–Kier alpha value is -2.25. The summed E-state index contributed by atoms with van der Waals surface area (Å²) in [4.78, 5) is 24.3. The molecule has 1 aliphatic rings. The van der Waals surface area contributed by atoms with E-state index in [4.69, 9.17) is 21.1 Å². The lowest BCUT2D eigenvalue weighted by Crippen LogP contribution is -2.29. The Morgan fingerprint density at radius 2 is 1.93 bits per heavy atom. The first-order chi connectivity index (χ1) is 13.4. The Bertz CT molecular complexity index is 904. The van der Waals surface area contributed by atoms with Crippen molar-refractivity contribution in [2.45, 2.75) is 19.8 Å². The monoisotopic (exact) mass is 466 g/mol. The number of rotatable bonds is 6. The molecule has 28 heavy (non-hydrogen) atoms. The molecule has 1 aliphatic heterocycles. The third-order valence-corrected chi connectivity index (χ3v) is 4.94. The first-order valence-corrected chi connectivity index (χ1v) is 10.00. The minimum absolute atomic E-state index is 0.142. The molecule has 0 aliphatic carbocycles. The zero-order valence-electron chi connectivity index (χ0n) is 15.3. The molecule has 6 nitrogen and oxygen atoms in total. The number of ether oxygens (including phenoxy) is 2. The second-order valence-corrected chi connectivity index (χ2v) is 7.71. The van der Waals surface area contributed by atoms with Crippen molar-refractivity contribution < 1.29 is 19.1 Å². The van der Waals surface area contributed by atoms with Crippen LogP contribution in [-0.2, 0) is 16.0 Å². The number of carbonyl (C=O) groups is 2. The van der Waals surface area contributed by atoms with E-state index in [2.05, 4.69) is 26.6 Å². The molecule has 2 N–H and O–H groups in total. The third kappa shape index (κ3) is 5.39. The molecule has 0 saturated carbocycles. The molecule has 0 fully saturated rings.